The second-order valence-corrected chi connectivity index (χ2v) is 7.69. The first kappa shape index (κ1) is 17.9. The molecule has 2 aromatic rings. The summed E-state index contributed by atoms with van der Waals surface area (Å²) in [5.74, 6) is 2.16. The van der Waals surface area contributed by atoms with Crippen molar-refractivity contribution in [1.29, 1.82) is 0 Å². The summed E-state index contributed by atoms with van der Waals surface area (Å²) < 4.78 is 1.94. The van der Waals surface area contributed by atoms with E-state index in [0.29, 0.717) is 5.25 Å². The molecule has 1 fully saturated rings. The first-order chi connectivity index (χ1) is 12.2. The Hall–Kier alpha value is -1.95. The van der Waals surface area contributed by atoms with Gasteiger partial charge in [-0.05, 0) is 31.0 Å². The van der Waals surface area contributed by atoms with Gasteiger partial charge in [-0.25, -0.2) is 4.68 Å². The summed E-state index contributed by atoms with van der Waals surface area (Å²) in [6, 6.07) is 10.4. The number of rotatable bonds is 4. The molecule has 25 heavy (non-hydrogen) atoms. The van der Waals surface area contributed by atoms with E-state index in [2.05, 4.69) is 63.3 Å². The van der Waals surface area contributed by atoms with Crippen molar-refractivity contribution < 1.29 is 0 Å². The van der Waals surface area contributed by atoms with Gasteiger partial charge >= 0.3 is 0 Å². The number of hydrogen-bond acceptors (Lipinski definition) is 3. The van der Waals surface area contributed by atoms with E-state index in [0.717, 1.165) is 37.0 Å². The standard InChI is InChI=1S/C19H27N5S/c1-4-17-14-23(11-12-25-17)19(20-3)21-13-16-7-5-6-8-18(16)24-10-9-15(2)22-24/h5-10,17H,4,11-14H2,1-3H3,(H,20,21). The number of para-hydroxylation sites is 1. The average molecular weight is 358 g/mol. The molecule has 134 valence electrons. The molecule has 1 saturated heterocycles. The summed E-state index contributed by atoms with van der Waals surface area (Å²) in [6.45, 7) is 7.14. The van der Waals surface area contributed by atoms with E-state index in [4.69, 9.17) is 0 Å². The second-order valence-electron chi connectivity index (χ2n) is 6.28. The highest BCUT2D eigenvalue weighted by Gasteiger charge is 2.21. The fraction of sp³-hybridized carbons (Fsp3) is 0.474. The molecule has 0 amide bonds. The molecule has 6 heteroatoms. The van der Waals surface area contributed by atoms with Gasteiger partial charge < -0.3 is 10.2 Å². The largest absolute Gasteiger partial charge is 0.352 e. The highest BCUT2D eigenvalue weighted by molar-refractivity contribution is 8.00. The van der Waals surface area contributed by atoms with Gasteiger partial charge in [0.1, 0.15) is 0 Å². The minimum absolute atomic E-state index is 0.701. The minimum atomic E-state index is 0.701. The summed E-state index contributed by atoms with van der Waals surface area (Å²) in [6.07, 6.45) is 3.22. The van der Waals surface area contributed by atoms with Crippen molar-refractivity contribution in [3.63, 3.8) is 0 Å². The van der Waals surface area contributed by atoms with E-state index in [1.165, 1.54) is 17.7 Å². The van der Waals surface area contributed by atoms with Gasteiger partial charge in [-0.2, -0.15) is 16.9 Å². The molecule has 1 aromatic carbocycles. The third kappa shape index (κ3) is 4.37. The third-order valence-electron chi connectivity index (χ3n) is 4.50. The van der Waals surface area contributed by atoms with Crippen LogP contribution >= 0.6 is 11.8 Å². The lowest BCUT2D eigenvalue weighted by atomic mass is 10.2. The van der Waals surface area contributed by atoms with Crippen LogP contribution in [0.5, 0.6) is 0 Å². The van der Waals surface area contributed by atoms with Crippen molar-refractivity contribution in [1.82, 2.24) is 20.0 Å². The summed E-state index contributed by atoms with van der Waals surface area (Å²) >= 11 is 2.08. The minimum Gasteiger partial charge on any atom is -0.352 e. The fourth-order valence-electron chi connectivity index (χ4n) is 3.10. The molecule has 2 heterocycles. The summed E-state index contributed by atoms with van der Waals surface area (Å²) in [5.41, 5.74) is 3.35. The van der Waals surface area contributed by atoms with Crippen molar-refractivity contribution in [2.45, 2.75) is 32.1 Å². The van der Waals surface area contributed by atoms with Crippen LogP contribution in [-0.2, 0) is 6.54 Å². The van der Waals surface area contributed by atoms with Gasteiger partial charge in [0, 0.05) is 43.9 Å². The normalized spacial score (nSPS) is 18.4. The first-order valence-electron chi connectivity index (χ1n) is 8.89. The van der Waals surface area contributed by atoms with E-state index in [-0.39, 0.29) is 0 Å². The van der Waals surface area contributed by atoms with Crippen molar-refractivity contribution in [3.05, 3.63) is 47.8 Å². The van der Waals surface area contributed by atoms with Crippen LogP contribution in [0.3, 0.4) is 0 Å². The highest BCUT2D eigenvalue weighted by Crippen LogP contribution is 2.21. The number of benzene rings is 1. The number of aryl methyl sites for hydroxylation is 1. The van der Waals surface area contributed by atoms with Gasteiger partial charge in [-0.1, -0.05) is 25.1 Å². The highest BCUT2D eigenvalue weighted by atomic mass is 32.2. The maximum Gasteiger partial charge on any atom is 0.193 e. The molecular formula is C19H27N5S. The van der Waals surface area contributed by atoms with Gasteiger partial charge in [-0.3, -0.25) is 4.99 Å². The molecule has 0 saturated carbocycles. The number of hydrogen-bond donors (Lipinski definition) is 1. The van der Waals surface area contributed by atoms with E-state index in [9.17, 15) is 0 Å². The third-order valence-corrected chi connectivity index (χ3v) is 5.88. The molecule has 0 aliphatic carbocycles. The van der Waals surface area contributed by atoms with E-state index >= 15 is 0 Å². The van der Waals surface area contributed by atoms with Gasteiger partial charge in [0.2, 0.25) is 0 Å². The lowest BCUT2D eigenvalue weighted by molar-refractivity contribution is 0.408. The maximum atomic E-state index is 4.55. The molecule has 1 atom stereocenters. The van der Waals surface area contributed by atoms with Crippen LogP contribution in [0.25, 0.3) is 5.69 Å². The lowest BCUT2D eigenvalue weighted by Gasteiger charge is -2.34. The molecule has 1 aromatic heterocycles. The van der Waals surface area contributed by atoms with Crippen LogP contribution in [0.2, 0.25) is 0 Å². The molecule has 1 aliphatic rings. The number of aliphatic imine (C=N–C) groups is 1. The Balaban J connectivity index is 1.70. The lowest BCUT2D eigenvalue weighted by Crippen LogP contribution is -2.47. The van der Waals surface area contributed by atoms with Crippen LogP contribution in [0.1, 0.15) is 24.6 Å². The molecule has 1 N–H and O–H groups in total. The Kier molecular flexibility index (Phi) is 6.02. The number of aromatic nitrogens is 2. The monoisotopic (exact) mass is 357 g/mol. The van der Waals surface area contributed by atoms with E-state index in [1.807, 2.05) is 30.9 Å². The zero-order valence-electron chi connectivity index (χ0n) is 15.3. The molecule has 0 radical (unpaired) electrons. The molecule has 1 unspecified atom stereocenters. The van der Waals surface area contributed by atoms with Crippen LogP contribution in [0.4, 0.5) is 0 Å². The molecule has 0 bridgehead atoms. The zero-order valence-corrected chi connectivity index (χ0v) is 16.1. The average Bonchev–Trinajstić information content (AvgIpc) is 3.09. The Labute approximate surface area is 154 Å². The number of thioether (sulfide) groups is 1. The van der Waals surface area contributed by atoms with Crippen molar-refractivity contribution in [2.24, 2.45) is 4.99 Å². The first-order valence-corrected chi connectivity index (χ1v) is 9.94. The van der Waals surface area contributed by atoms with Crippen LogP contribution in [0.15, 0.2) is 41.5 Å². The summed E-state index contributed by atoms with van der Waals surface area (Å²) in [7, 11) is 1.87. The van der Waals surface area contributed by atoms with E-state index in [1.54, 1.807) is 0 Å². The quantitative estimate of drug-likeness (QED) is 0.675. The predicted molar refractivity (Wildman–Crippen MR) is 107 cm³/mol. The van der Waals surface area contributed by atoms with E-state index < -0.39 is 0 Å². The number of guanidine groups is 1. The SMILES string of the molecule is CCC1CN(C(=NC)NCc2ccccc2-n2ccc(C)n2)CCS1. The molecule has 1 aliphatic heterocycles. The van der Waals surface area contributed by atoms with Crippen molar-refractivity contribution >= 4 is 17.7 Å². The van der Waals surface area contributed by atoms with Gasteiger partial charge in [-0.15, -0.1) is 0 Å². The second kappa shape index (κ2) is 8.43. The predicted octanol–water partition coefficient (Wildman–Crippen LogP) is 3.08. The van der Waals surface area contributed by atoms with Crippen molar-refractivity contribution in [3.8, 4) is 5.69 Å². The maximum absolute atomic E-state index is 4.55. The molecule has 5 nitrogen and oxygen atoms in total. The van der Waals surface area contributed by atoms with Crippen molar-refractivity contribution in [2.75, 3.05) is 25.9 Å². The van der Waals surface area contributed by atoms with Gasteiger partial charge in [0.15, 0.2) is 5.96 Å². The molecular weight excluding hydrogens is 330 g/mol. The summed E-state index contributed by atoms with van der Waals surface area (Å²) in [5, 5.41) is 8.79. The van der Waals surface area contributed by atoms with Crippen LogP contribution < -0.4 is 5.32 Å². The number of nitrogens with one attached hydrogen (secondary N) is 1. The topological polar surface area (TPSA) is 45.5 Å². The van der Waals surface area contributed by atoms with Gasteiger partial charge in [0.25, 0.3) is 0 Å². The van der Waals surface area contributed by atoms with Gasteiger partial charge in [0.05, 0.1) is 11.4 Å². The smallest absolute Gasteiger partial charge is 0.193 e. The fourth-order valence-corrected chi connectivity index (χ4v) is 4.28. The Morgan fingerprint density at radius 2 is 2.20 bits per heavy atom. The Bertz CT molecular complexity index is 724. The Morgan fingerprint density at radius 1 is 1.36 bits per heavy atom. The molecule has 0 spiro atoms. The molecule has 3 rings (SSSR count). The van der Waals surface area contributed by atoms with Crippen LogP contribution in [0, 0.1) is 6.92 Å². The van der Waals surface area contributed by atoms with Crippen LogP contribution in [-0.4, -0.2) is 51.8 Å². The number of nitrogens with zero attached hydrogens (tertiary/aromatic N) is 4. The zero-order chi connectivity index (χ0) is 17.6. The Morgan fingerprint density at radius 3 is 2.92 bits per heavy atom. The summed E-state index contributed by atoms with van der Waals surface area (Å²) in [4.78, 5) is 6.88.